The zero-order valence-electron chi connectivity index (χ0n) is 12.8. The lowest BCUT2D eigenvalue weighted by molar-refractivity contribution is 0.357. The zero-order chi connectivity index (χ0) is 14.2. The molecule has 0 amide bonds. The summed E-state index contributed by atoms with van der Waals surface area (Å²) >= 11 is 1.91. The van der Waals surface area contributed by atoms with Gasteiger partial charge < -0.3 is 5.32 Å². The van der Waals surface area contributed by atoms with Crippen LogP contribution in [0.15, 0.2) is 29.6 Å². The first kappa shape index (κ1) is 14.1. The second kappa shape index (κ2) is 5.50. The summed E-state index contributed by atoms with van der Waals surface area (Å²) in [7, 11) is 0. The van der Waals surface area contributed by atoms with Gasteiger partial charge >= 0.3 is 0 Å². The van der Waals surface area contributed by atoms with E-state index >= 15 is 0 Å². The molecule has 2 unspecified atom stereocenters. The van der Waals surface area contributed by atoms with Crippen LogP contribution in [0.5, 0.6) is 0 Å². The van der Waals surface area contributed by atoms with E-state index in [0.717, 1.165) is 18.4 Å². The van der Waals surface area contributed by atoms with Crippen molar-refractivity contribution in [3.63, 3.8) is 0 Å². The average Bonchev–Trinajstić information content (AvgIpc) is 3.03. The van der Waals surface area contributed by atoms with Gasteiger partial charge in [-0.25, -0.2) is 0 Å². The minimum atomic E-state index is 0.224. The molecule has 1 fully saturated rings. The van der Waals surface area contributed by atoms with E-state index in [2.05, 4.69) is 55.7 Å². The summed E-state index contributed by atoms with van der Waals surface area (Å²) in [5, 5.41) is 7.35. The van der Waals surface area contributed by atoms with Crippen LogP contribution in [-0.2, 0) is 0 Å². The van der Waals surface area contributed by atoms with Gasteiger partial charge in [0, 0.05) is 10.2 Å². The van der Waals surface area contributed by atoms with Gasteiger partial charge in [0.05, 0.1) is 0 Å². The van der Waals surface area contributed by atoms with Crippen molar-refractivity contribution in [1.29, 1.82) is 0 Å². The van der Waals surface area contributed by atoms with Crippen LogP contribution < -0.4 is 5.32 Å². The summed E-state index contributed by atoms with van der Waals surface area (Å²) in [5.41, 5.74) is 1.82. The molecule has 0 saturated heterocycles. The summed E-state index contributed by atoms with van der Waals surface area (Å²) in [4.78, 5) is 0. The summed E-state index contributed by atoms with van der Waals surface area (Å²) in [6.45, 7) is 7.93. The van der Waals surface area contributed by atoms with E-state index in [-0.39, 0.29) is 5.54 Å². The first-order chi connectivity index (χ1) is 9.54. The average molecular weight is 287 g/mol. The largest absolute Gasteiger partial charge is 0.312 e. The van der Waals surface area contributed by atoms with Gasteiger partial charge in [-0.15, -0.1) is 11.3 Å². The lowest BCUT2D eigenvalue weighted by Crippen LogP contribution is -2.39. The maximum Gasteiger partial charge on any atom is 0.0377 e. The number of hydrogen-bond acceptors (Lipinski definition) is 2. The van der Waals surface area contributed by atoms with E-state index in [4.69, 9.17) is 0 Å². The number of nitrogens with one attached hydrogen (secondary N) is 1. The molecule has 2 heteroatoms. The summed E-state index contributed by atoms with van der Waals surface area (Å²) in [5.74, 6) is 1.54. The molecular weight excluding hydrogens is 262 g/mol. The van der Waals surface area contributed by atoms with Gasteiger partial charge in [0.1, 0.15) is 0 Å². The Hall–Kier alpha value is -0.860. The van der Waals surface area contributed by atoms with E-state index in [9.17, 15) is 0 Å². The summed E-state index contributed by atoms with van der Waals surface area (Å²) in [6, 6.07) is 9.09. The summed E-state index contributed by atoms with van der Waals surface area (Å²) in [6.07, 6.45) is 4.10. The maximum absolute atomic E-state index is 3.71. The first-order valence-electron chi connectivity index (χ1n) is 7.76. The molecule has 1 heterocycles. The van der Waals surface area contributed by atoms with Gasteiger partial charge in [0.25, 0.3) is 0 Å². The maximum atomic E-state index is 3.71. The molecule has 1 nitrogen and oxygen atoms in total. The highest BCUT2D eigenvalue weighted by molar-refractivity contribution is 7.17. The Morgan fingerprint density at radius 3 is 2.85 bits per heavy atom. The Labute approximate surface area is 126 Å². The Morgan fingerprint density at radius 1 is 1.20 bits per heavy atom. The molecule has 1 saturated carbocycles. The third kappa shape index (κ3) is 2.91. The van der Waals surface area contributed by atoms with Crippen molar-refractivity contribution in [2.45, 2.75) is 51.5 Å². The highest BCUT2D eigenvalue weighted by Crippen LogP contribution is 2.43. The van der Waals surface area contributed by atoms with Crippen LogP contribution in [0.1, 0.15) is 51.5 Å². The number of rotatable bonds is 3. The molecule has 2 atom stereocenters. The van der Waals surface area contributed by atoms with Crippen molar-refractivity contribution < 1.29 is 0 Å². The lowest BCUT2D eigenvalue weighted by Gasteiger charge is -2.27. The monoisotopic (exact) mass is 287 g/mol. The van der Waals surface area contributed by atoms with E-state index in [0.29, 0.717) is 0 Å². The number of hydrogen-bond donors (Lipinski definition) is 1. The number of thiophene rings is 1. The van der Waals surface area contributed by atoms with Gasteiger partial charge in [-0.05, 0) is 74.4 Å². The molecule has 1 N–H and O–H groups in total. The van der Waals surface area contributed by atoms with Crippen LogP contribution in [0.3, 0.4) is 0 Å². The van der Waals surface area contributed by atoms with E-state index in [1.54, 1.807) is 5.56 Å². The topological polar surface area (TPSA) is 12.0 Å². The lowest BCUT2D eigenvalue weighted by atomic mass is 9.88. The molecule has 1 aromatic carbocycles. The third-order valence-electron chi connectivity index (χ3n) is 4.46. The molecule has 108 valence electrons. The molecule has 1 aliphatic carbocycles. The second-order valence-electron chi connectivity index (χ2n) is 7.11. The van der Waals surface area contributed by atoms with Crippen LogP contribution in [0.2, 0.25) is 0 Å². The quantitative estimate of drug-likeness (QED) is 0.821. The van der Waals surface area contributed by atoms with Gasteiger partial charge in [0.2, 0.25) is 0 Å². The predicted molar refractivity (Wildman–Crippen MR) is 89.7 cm³/mol. The molecule has 1 aromatic heterocycles. The zero-order valence-corrected chi connectivity index (χ0v) is 13.6. The Morgan fingerprint density at radius 2 is 2.05 bits per heavy atom. The fraction of sp³-hybridized carbons (Fsp3) is 0.556. The Kier molecular flexibility index (Phi) is 3.87. The molecule has 0 aliphatic heterocycles. The fourth-order valence-corrected chi connectivity index (χ4v) is 4.41. The van der Waals surface area contributed by atoms with Crippen molar-refractivity contribution in [2.24, 2.45) is 5.92 Å². The van der Waals surface area contributed by atoms with Crippen molar-refractivity contribution in [3.05, 3.63) is 35.2 Å². The molecule has 3 rings (SSSR count). The van der Waals surface area contributed by atoms with Crippen LogP contribution >= 0.6 is 11.3 Å². The Bertz CT molecular complexity index is 578. The minimum absolute atomic E-state index is 0.224. The minimum Gasteiger partial charge on any atom is -0.312 e. The summed E-state index contributed by atoms with van der Waals surface area (Å²) < 4.78 is 1.51. The van der Waals surface area contributed by atoms with Gasteiger partial charge in [-0.2, -0.15) is 0 Å². The van der Waals surface area contributed by atoms with Crippen molar-refractivity contribution in [3.8, 4) is 0 Å². The standard InChI is InChI=1S/C18H25NS/c1-18(2,3)19-12-14-7-5-8-15(14)16-9-4-6-13-10-11-20-17(13)16/h4,6,9-11,14-15,19H,5,7-8,12H2,1-3H3. The van der Waals surface area contributed by atoms with Crippen molar-refractivity contribution in [1.82, 2.24) is 5.32 Å². The highest BCUT2D eigenvalue weighted by atomic mass is 32.1. The van der Waals surface area contributed by atoms with Crippen LogP contribution in [0, 0.1) is 5.92 Å². The molecule has 0 spiro atoms. The first-order valence-corrected chi connectivity index (χ1v) is 8.64. The SMILES string of the molecule is CC(C)(C)NCC1CCCC1c1cccc2ccsc12. The highest BCUT2D eigenvalue weighted by Gasteiger charge is 2.30. The van der Waals surface area contributed by atoms with Crippen molar-refractivity contribution in [2.75, 3.05) is 6.54 Å². The molecule has 1 aliphatic rings. The molecule has 0 bridgehead atoms. The molecule has 20 heavy (non-hydrogen) atoms. The van der Waals surface area contributed by atoms with Crippen LogP contribution in [0.25, 0.3) is 10.1 Å². The van der Waals surface area contributed by atoms with Gasteiger partial charge in [-0.1, -0.05) is 24.6 Å². The van der Waals surface area contributed by atoms with E-state index in [1.807, 2.05) is 11.3 Å². The van der Waals surface area contributed by atoms with Crippen LogP contribution in [-0.4, -0.2) is 12.1 Å². The Balaban J connectivity index is 1.83. The molecule has 0 radical (unpaired) electrons. The van der Waals surface area contributed by atoms with E-state index < -0.39 is 0 Å². The van der Waals surface area contributed by atoms with Gasteiger partial charge in [-0.3, -0.25) is 0 Å². The number of benzene rings is 1. The van der Waals surface area contributed by atoms with Crippen LogP contribution in [0.4, 0.5) is 0 Å². The molecular formula is C18H25NS. The van der Waals surface area contributed by atoms with Gasteiger partial charge in [0.15, 0.2) is 0 Å². The smallest absolute Gasteiger partial charge is 0.0377 e. The van der Waals surface area contributed by atoms with Crippen molar-refractivity contribution >= 4 is 21.4 Å². The third-order valence-corrected chi connectivity index (χ3v) is 5.44. The van der Waals surface area contributed by atoms with E-state index in [1.165, 1.54) is 29.3 Å². The molecule has 2 aromatic rings. The predicted octanol–water partition coefficient (Wildman–Crippen LogP) is 5.17. The second-order valence-corrected chi connectivity index (χ2v) is 8.03. The normalized spacial score (nSPS) is 23.6. The number of fused-ring (bicyclic) bond motifs is 1. The fourth-order valence-electron chi connectivity index (χ4n) is 3.44.